The number of methoxy groups -OCH3 is 1. The lowest BCUT2D eigenvalue weighted by Gasteiger charge is -2.32. The van der Waals surface area contributed by atoms with Crippen LogP contribution in [0.3, 0.4) is 0 Å². The lowest BCUT2D eigenvalue weighted by atomic mass is 10.0. The van der Waals surface area contributed by atoms with E-state index in [1.54, 1.807) is 24.1 Å². The van der Waals surface area contributed by atoms with Gasteiger partial charge in [0.1, 0.15) is 12.4 Å². The summed E-state index contributed by atoms with van der Waals surface area (Å²) < 4.78 is 10.5. The van der Waals surface area contributed by atoms with Crippen LogP contribution in [0.2, 0.25) is 0 Å². The van der Waals surface area contributed by atoms with Gasteiger partial charge < -0.3 is 14.4 Å². The lowest BCUT2D eigenvalue weighted by molar-refractivity contribution is 0.0734. The molecule has 2 heterocycles. The monoisotopic (exact) mass is 352 g/mol. The van der Waals surface area contributed by atoms with Crippen LogP contribution in [0.1, 0.15) is 22.3 Å². The molecule has 6 nitrogen and oxygen atoms in total. The zero-order valence-electron chi connectivity index (χ0n) is 14.6. The van der Waals surface area contributed by atoms with E-state index in [0.29, 0.717) is 37.4 Å². The topological polar surface area (TPSA) is 59.1 Å². The molecule has 2 aromatic carbocycles. The summed E-state index contributed by atoms with van der Waals surface area (Å²) in [5, 5.41) is 0. The Morgan fingerprint density at radius 2 is 2.04 bits per heavy atom. The number of benzene rings is 2. The zero-order chi connectivity index (χ0) is 18.1. The molecule has 1 unspecified atom stereocenters. The molecule has 1 atom stereocenters. The van der Waals surface area contributed by atoms with E-state index < -0.39 is 0 Å². The molecule has 0 aromatic heterocycles. The van der Waals surface area contributed by atoms with E-state index in [2.05, 4.69) is 0 Å². The van der Waals surface area contributed by atoms with Gasteiger partial charge in [-0.25, -0.2) is 4.79 Å². The maximum atomic E-state index is 13.1. The zero-order valence-corrected chi connectivity index (χ0v) is 14.6. The average Bonchev–Trinajstić information content (AvgIpc) is 3.02. The van der Waals surface area contributed by atoms with Gasteiger partial charge in [0, 0.05) is 18.7 Å². The van der Waals surface area contributed by atoms with E-state index in [1.807, 2.05) is 41.3 Å². The van der Waals surface area contributed by atoms with Crippen molar-refractivity contribution < 1.29 is 19.1 Å². The van der Waals surface area contributed by atoms with Crippen LogP contribution in [0.15, 0.2) is 48.5 Å². The normalized spacial score (nSPS) is 19.1. The van der Waals surface area contributed by atoms with Crippen LogP contribution in [0, 0.1) is 0 Å². The molecule has 2 aromatic rings. The van der Waals surface area contributed by atoms with Crippen LogP contribution >= 0.6 is 0 Å². The summed E-state index contributed by atoms with van der Waals surface area (Å²) in [6.07, 6.45) is 0.366. The number of carbonyl (C=O) groups is 2. The molecule has 0 saturated carbocycles. The minimum Gasteiger partial charge on any atom is -0.497 e. The van der Waals surface area contributed by atoms with Crippen molar-refractivity contribution in [3.63, 3.8) is 0 Å². The minimum atomic E-state index is -0.310. The lowest BCUT2D eigenvalue weighted by Crippen LogP contribution is -2.42. The highest BCUT2D eigenvalue weighted by molar-refractivity contribution is 5.95. The molecule has 0 radical (unpaired) electrons. The number of rotatable bonds is 2. The number of hydrogen-bond acceptors (Lipinski definition) is 4. The van der Waals surface area contributed by atoms with Crippen LogP contribution in [-0.4, -0.2) is 43.2 Å². The SMILES string of the molecule is COc1cccc(C(=O)N2CCC3COC(=O)N3c3ccccc3C2)c1. The van der Waals surface area contributed by atoms with Gasteiger partial charge in [-0.15, -0.1) is 0 Å². The molecule has 1 saturated heterocycles. The van der Waals surface area contributed by atoms with Crippen LogP contribution in [0.4, 0.5) is 10.5 Å². The largest absolute Gasteiger partial charge is 0.497 e. The molecular formula is C20H20N2O4. The second kappa shape index (κ2) is 6.71. The van der Waals surface area contributed by atoms with Crippen molar-refractivity contribution in [3.8, 4) is 5.75 Å². The van der Waals surface area contributed by atoms with Crippen LogP contribution < -0.4 is 9.64 Å². The van der Waals surface area contributed by atoms with Gasteiger partial charge in [0.25, 0.3) is 5.91 Å². The first kappa shape index (κ1) is 16.4. The summed E-state index contributed by atoms with van der Waals surface area (Å²) in [4.78, 5) is 28.8. The molecule has 2 aliphatic rings. The summed E-state index contributed by atoms with van der Waals surface area (Å²) in [5.41, 5.74) is 2.36. The van der Waals surface area contributed by atoms with Gasteiger partial charge in [-0.3, -0.25) is 9.69 Å². The fraction of sp³-hybridized carbons (Fsp3) is 0.300. The third-order valence-electron chi connectivity index (χ3n) is 4.91. The second-order valence-electron chi connectivity index (χ2n) is 6.48. The summed E-state index contributed by atoms with van der Waals surface area (Å²) in [7, 11) is 1.58. The van der Waals surface area contributed by atoms with Crippen molar-refractivity contribution in [3.05, 3.63) is 59.7 Å². The van der Waals surface area contributed by atoms with E-state index >= 15 is 0 Å². The van der Waals surface area contributed by atoms with E-state index in [0.717, 1.165) is 11.3 Å². The van der Waals surface area contributed by atoms with E-state index in [4.69, 9.17) is 9.47 Å². The van der Waals surface area contributed by atoms with Gasteiger partial charge in [-0.05, 0) is 36.2 Å². The Morgan fingerprint density at radius 1 is 1.19 bits per heavy atom. The van der Waals surface area contributed by atoms with Crippen molar-refractivity contribution in [1.29, 1.82) is 0 Å². The smallest absolute Gasteiger partial charge is 0.414 e. The maximum absolute atomic E-state index is 13.1. The predicted octanol–water partition coefficient (Wildman–Crippen LogP) is 3.07. The molecule has 26 heavy (non-hydrogen) atoms. The molecule has 4 rings (SSSR count). The maximum Gasteiger partial charge on any atom is 0.414 e. The van der Waals surface area contributed by atoms with E-state index in [9.17, 15) is 9.59 Å². The van der Waals surface area contributed by atoms with Gasteiger partial charge in [0.2, 0.25) is 0 Å². The van der Waals surface area contributed by atoms with Gasteiger partial charge in [-0.1, -0.05) is 24.3 Å². The Morgan fingerprint density at radius 3 is 2.88 bits per heavy atom. The predicted molar refractivity (Wildman–Crippen MR) is 96.4 cm³/mol. The minimum absolute atomic E-state index is 0.0441. The number of nitrogens with zero attached hydrogens (tertiary/aromatic N) is 2. The number of fused-ring (bicyclic) bond motifs is 3. The highest BCUT2D eigenvalue weighted by Gasteiger charge is 2.37. The Balaban J connectivity index is 1.67. The number of hydrogen-bond donors (Lipinski definition) is 0. The Bertz CT molecular complexity index is 851. The van der Waals surface area contributed by atoms with Crippen molar-refractivity contribution in [1.82, 2.24) is 4.90 Å². The fourth-order valence-corrected chi connectivity index (χ4v) is 3.55. The molecule has 1 fully saturated rings. The quantitative estimate of drug-likeness (QED) is 0.833. The summed E-state index contributed by atoms with van der Waals surface area (Å²) in [6, 6.07) is 14.8. The van der Waals surface area contributed by atoms with Gasteiger partial charge in [0.05, 0.1) is 18.8 Å². The standard InChI is InChI=1S/C20H20N2O4/c1-25-17-7-4-6-14(11-17)19(23)21-10-9-16-13-26-20(24)22(16)18-8-3-2-5-15(18)12-21/h2-8,11,16H,9-10,12-13H2,1H3. The van der Waals surface area contributed by atoms with Gasteiger partial charge in [-0.2, -0.15) is 0 Å². The molecule has 2 aliphatic heterocycles. The van der Waals surface area contributed by atoms with Crippen molar-refractivity contribution in [2.75, 3.05) is 25.2 Å². The second-order valence-corrected chi connectivity index (χ2v) is 6.48. The summed E-state index contributed by atoms with van der Waals surface area (Å²) in [5.74, 6) is 0.613. The Hall–Kier alpha value is -3.02. The van der Waals surface area contributed by atoms with Gasteiger partial charge in [0.15, 0.2) is 0 Å². The summed E-state index contributed by atoms with van der Waals surface area (Å²) >= 11 is 0. The van der Waals surface area contributed by atoms with Crippen molar-refractivity contribution in [2.45, 2.75) is 19.0 Å². The average molecular weight is 352 g/mol. The number of anilines is 1. The third kappa shape index (κ3) is 2.87. The van der Waals surface area contributed by atoms with Crippen LogP contribution in [0.25, 0.3) is 0 Å². The molecule has 0 aliphatic carbocycles. The molecule has 0 N–H and O–H groups in total. The fourth-order valence-electron chi connectivity index (χ4n) is 3.55. The number of cyclic esters (lactones) is 1. The molecule has 0 bridgehead atoms. The van der Waals surface area contributed by atoms with E-state index in [-0.39, 0.29) is 18.0 Å². The first-order chi connectivity index (χ1) is 12.7. The third-order valence-corrected chi connectivity index (χ3v) is 4.91. The number of amides is 2. The number of para-hydroxylation sites is 1. The first-order valence-corrected chi connectivity index (χ1v) is 8.64. The highest BCUT2D eigenvalue weighted by atomic mass is 16.6. The van der Waals surface area contributed by atoms with Crippen LogP contribution in [-0.2, 0) is 11.3 Å². The van der Waals surface area contributed by atoms with Gasteiger partial charge >= 0.3 is 6.09 Å². The first-order valence-electron chi connectivity index (χ1n) is 8.64. The summed E-state index contributed by atoms with van der Waals surface area (Å²) in [6.45, 7) is 1.36. The van der Waals surface area contributed by atoms with E-state index in [1.165, 1.54) is 0 Å². The Labute approximate surface area is 151 Å². The number of carbonyl (C=O) groups excluding carboxylic acids is 2. The number of ether oxygens (including phenoxy) is 2. The van der Waals surface area contributed by atoms with Crippen LogP contribution in [0.5, 0.6) is 5.75 Å². The molecular weight excluding hydrogens is 332 g/mol. The molecule has 6 heteroatoms. The van der Waals surface area contributed by atoms with Crippen molar-refractivity contribution >= 4 is 17.7 Å². The molecule has 2 amide bonds. The Kier molecular flexibility index (Phi) is 4.24. The highest BCUT2D eigenvalue weighted by Crippen LogP contribution is 2.32. The molecule has 134 valence electrons. The molecule has 0 spiro atoms. The van der Waals surface area contributed by atoms with Crippen molar-refractivity contribution in [2.24, 2.45) is 0 Å².